The number of hydrogen-bond donors (Lipinski definition) is 1. The maximum atomic E-state index is 12.4. The molecule has 1 N–H and O–H groups in total. The van der Waals surface area contributed by atoms with E-state index in [2.05, 4.69) is 20.3 Å². The molecule has 0 fully saturated rings. The van der Waals surface area contributed by atoms with Gasteiger partial charge in [0, 0.05) is 49.5 Å². The highest BCUT2D eigenvalue weighted by Crippen LogP contribution is 2.22. The van der Waals surface area contributed by atoms with E-state index in [-0.39, 0.29) is 5.91 Å². The summed E-state index contributed by atoms with van der Waals surface area (Å²) in [6.45, 7) is 0.967. The molecule has 0 atom stereocenters. The second kappa shape index (κ2) is 8.11. The number of rotatable bonds is 7. The topological polar surface area (TPSA) is 91.2 Å². The molecule has 3 rings (SSSR count). The number of carbonyl (C=O) groups excluding carboxylic acids is 1. The first-order chi connectivity index (χ1) is 12.7. The number of nitrogens with zero attached hydrogens (tertiary/aromatic N) is 4. The molecular weight excluding hydrogens is 334 g/mol. The molecule has 3 aromatic rings. The zero-order chi connectivity index (χ0) is 18.4. The maximum Gasteiger partial charge on any atom is 0.251 e. The molecule has 0 radical (unpaired) electrons. The van der Waals surface area contributed by atoms with E-state index in [0.29, 0.717) is 41.8 Å². The van der Waals surface area contributed by atoms with E-state index in [0.717, 1.165) is 0 Å². The Hall–Kier alpha value is -3.42. The summed E-state index contributed by atoms with van der Waals surface area (Å²) in [6, 6.07) is 6.80. The zero-order valence-electron chi connectivity index (χ0n) is 14.5. The Morgan fingerprint density at radius 1 is 1.04 bits per heavy atom. The molecule has 8 heteroatoms. The van der Waals surface area contributed by atoms with Gasteiger partial charge in [0.15, 0.2) is 11.6 Å². The van der Waals surface area contributed by atoms with Crippen LogP contribution in [0.1, 0.15) is 10.4 Å². The third-order valence-corrected chi connectivity index (χ3v) is 3.73. The summed E-state index contributed by atoms with van der Waals surface area (Å²) in [5.41, 5.74) is 0.471. The Morgan fingerprint density at radius 2 is 1.73 bits per heavy atom. The van der Waals surface area contributed by atoms with Gasteiger partial charge >= 0.3 is 0 Å². The van der Waals surface area contributed by atoms with Crippen LogP contribution in [0.25, 0.3) is 11.6 Å². The standard InChI is InChI=1S/C18H19N5O3/c1-25-14-10-13(11-15(12-14)26-2)18(24)22-7-9-23-8-6-21-17(23)16-19-4-3-5-20-16/h3-6,8,10-12H,7,9H2,1-2H3,(H,22,24). The maximum absolute atomic E-state index is 12.4. The summed E-state index contributed by atoms with van der Waals surface area (Å²) in [5, 5.41) is 2.88. The number of methoxy groups -OCH3 is 2. The van der Waals surface area contributed by atoms with Crippen LogP contribution in [0.5, 0.6) is 11.5 Å². The molecule has 1 aromatic carbocycles. The molecule has 0 bridgehead atoms. The highest BCUT2D eigenvalue weighted by molar-refractivity contribution is 5.95. The average molecular weight is 353 g/mol. The van der Waals surface area contributed by atoms with E-state index in [1.54, 1.807) is 57.1 Å². The molecule has 0 aliphatic rings. The summed E-state index contributed by atoms with van der Waals surface area (Å²) in [4.78, 5) is 25.1. The van der Waals surface area contributed by atoms with Gasteiger partial charge in [0.1, 0.15) is 11.5 Å². The van der Waals surface area contributed by atoms with Crippen LogP contribution in [0, 0.1) is 0 Å². The molecule has 0 unspecified atom stereocenters. The summed E-state index contributed by atoms with van der Waals surface area (Å²) >= 11 is 0. The van der Waals surface area contributed by atoms with Crippen LogP contribution >= 0.6 is 0 Å². The Kier molecular flexibility index (Phi) is 5.43. The predicted molar refractivity (Wildman–Crippen MR) is 95.1 cm³/mol. The second-order valence-electron chi connectivity index (χ2n) is 5.37. The van der Waals surface area contributed by atoms with Gasteiger partial charge in [0.05, 0.1) is 14.2 Å². The van der Waals surface area contributed by atoms with Crippen molar-refractivity contribution in [3.63, 3.8) is 0 Å². The number of imidazole rings is 1. The summed E-state index contributed by atoms with van der Waals surface area (Å²) in [7, 11) is 3.09. The van der Waals surface area contributed by atoms with Crippen LogP contribution in [-0.2, 0) is 6.54 Å². The van der Waals surface area contributed by atoms with E-state index in [1.165, 1.54) is 0 Å². The SMILES string of the molecule is COc1cc(OC)cc(C(=O)NCCn2ccnc2-c2ncccn2)c1. The smallest absolute Gasteiger partial charge is 0.251 e. The van der Waals surface area contributed by atoms with Gasteiger partial charge in [-0.15, -0.1) is 0 Å². The van der Waals surface area contributed by atoms with Crippen molar-refractivity contribution in [3.8, 4) is 23.1 Å². The first-order valence-corrected chi connectivity index (χ1v) is 8.01. The molecule has 2 heterocycles. The lowest BCUT2D eigenvalue weighted by atomic mass is 10.2. The molecule has 26 heavy (non-hydrogen) atoms. The van der Waals surface area contributed by atoms with Crippen LogP contribution in [0.2, 0.25) is 0 Å². The van der Waals surface area contributed by atoms with Crippen molar-refractivity contribution >= 4 is 5.91 Å². The van der Waals surface area contributed by atoms with Gasteiger partial charge in [-0.05, 0) is 18.2 Å². The summed E-state index contributed by atoms with van der Waals surface area (Å²) < 4.78 is 12.3. The van der Waals surface area contributed by atoms with Crippen LogP contribution in [-0.4, -0.2) is 46.2 Å². The fourth-order valence-electron chi connectivity index (χ4n) is 2.44. The monoisotopic (exact) mass is 353 g/mol. The molecule has 0 saturated carbocycles. The van der Waals surface area contributed by atoms with E-state index < -0.39 is 0 Å². The fraction of sp³-hybridized carbons (Fsp3) is 0.222. The molecule has 134 valence electrons. The number of amides is 1. The number of carbonyl (C=O) groups is 1. The molecule has 0 aliphatic heterocycles. The number of hydrogen-bond acceptors (Lipinski definition) is 6. The van der Waals surface area contributed by atoms with Gasteiger partial charge in [0.25, 0.3) is 5.91 Å². The van der Waals surface area contributed by atoms with Crippen molar-refractivity contribution < 1.29 is 14.3 Å². The Bertz CT molecular complexity index is 857. The van der Waals surface area contributed by atoms with Gasteiger partial charge in [-0.1, -0.05) is 0 Å². The quantitative estimate of drug-likeness (QED) is 0.696. The minimum Gasteiger partial charge on any atom is -0.497 e. The van der Waals surface area contributed by atoms with Gasteiger partial charge in [0.2, 0.25) is 0 Å². The first kappa shape index (κ1) is 17.4. The van der Waals surface area contributed by atoms with Crippen molar-refractivity contribution in [2.45, 2.75) is 6.54 Å². The number of benzene rings is 1. The van der Waals surface area contributed by atoms with Crippen molar-refractivity contribution in [1.29, 1.82) is 0 Å². The van der Waals surface area contributed by atoms with Gasteiger partial charge < -0.3 is 19.4 Å². The van der Waals surface area contributed by atoms with Crippen molar-refractivity contribution in [3.05, 3.63) is 54.6 Å². The van der Waals surface area contributed by atoms with E-state index in [4.69, 9.17) is 9.47 Å². The third-order valence-electron chi connectivity index (χ3n) is 3.73. The van der Waals surface area contributed by atoms with Crippen molar-refractivity contribution in [2.75, 3.05) is 20.8 Å². The lowest BCUT2D eigenvalue weighted by Crippen LogP contribution is -2.27. The molecule has 2 aromatic heterocycles. The van der Waals surface area contributed by atoms with E-state index in [1.807, 2.05) is 10.8 Å². The average Bonchev–Trinajstić information content (AvgIpc) is 3.16. The molecule has 1 amide bonds. The number of ether oxygens (including phenoxy) is 2. The van der Waals surface area contributed by atoms with Crippen molar-refractivity contribution in [2.24, 2.45) is 0 Å². The lowest BCUT2D eigenvalue weighted by molar-refractivity contribution is 0.0951. The minimum absolute atomic E-state index is 0.208. The lowest BCUT2D eigenvalue weighted by Gasteiger charge is -2.10. The fourth-order valence-corrected chi connectivity index (χ4v) is 2.44. The molecule has 0 aliphatic carbocycles. The molecular formula is C18H19N5O3. The first-order valence-electron chi connectivity index (χ1n) is 8.01. The highest BCUT2D eigenvalue weighted by Gasteiger charge is 2.11. The minimum atomic E-state index is -0.208. The molecule has 0 spiro atoms. The van der Waals surface area contributed by atoms with Gasteiger partial charge in [-0.3, -0.25) is 4.79 Å². The Balaban J connectivity index is 1.64. The van der Waals surface area contributed by atoms with Gasteiger partial charge in [-0.2, -0.15) is 0 Å². The Labute approximate surface area is 150 Å². The van der Waals surface area contributed by atoms with Crippen LogP contribution in [0.4, 0.5) is 0 Å². The third kappa shape index (κ3) is 3.97. The highest BCUT2D eigenvalue weighted by atomic mass is 16.5. The number of nitrogens with one attached hydrogen (secondary N) is 1. The van der Waals surface area contributed by atoms with Crippen LogP contribution < -0.4 is 14.8 Å². The Morgan fingerprint density at radius 3 is 2.38 bits per heavy atom. The van der Waals surface area contributed by atoms with Crippen molar-refractivity contribution in [1.82, 2.24) is 24.8 Å². The number of aromatic nitrogens is 4. The second-order valence-corrected chi connectivity index (χ2v) is 5.37. The van der Waals surface area contributed by atoms with Crippen LogP contribution in [0.15, 0.2) is 49.1 Å². The normalized spacial score (nSPS) is 10.4. The van der Waals surface area contributed by atoms with Gasteiger partial charge in [-0.25, -0.2) is 15.0 Å². The molecule has 0 saturated heterocycles. The van der Waals surface area contributed by atoms with Crippen LogP contribution in [0.3, 0.4) is 0 Å². The van der Waals surface area contributed by atoms with E-state index >= 15 is 0 Å². The zero-order valence-corrected chi connectivity index (χ0v) is 14.5. The molecule has 8 nitrogen and oxygen atoms in total. The predicted octanol–water partition coefficient (Wildman–Crippen LogP) is 1.79. The largest absolute Gasteiger partial charge is 0.497 e. The van der Waals surface area contributed by atoms with E-state index in [9.17, 15) is 4.79 Å². The summed E-state index contributed by atoms with van der Waals surface area (Å²) in [5.74, 6) is 2.12. The summed E-state index contributed by atoms with van der Waals surface area (Å²) in [6.07, 6.45) is 6.84.